The van der Waals surface area contributed by atoms with Crippen LogP contribution in [-0.2, 0) is 14.3 Å². The Morgan fingerprint density at radius 1 is 1.08 bits per heavy atom. The molecular weight excluding hydrogens is 306 g/mol. The quantitative estimate of drug-likeness (QED) is 0.805. The molecule has 1 aliphatic carbocycles. The van der Waals surface area contributed by atoms with Gasteiger partial charge in [-0.25, -0.2) is 0 Å². The van der Waals surface area contributed by atoms with Crippen molar-refractivity contribution < 1.29 is 19.1 Å². The van der Waals surface area contributed by atoms with E-state index in [0.29, 0.717) is 17.5 Å². The Hall–Kier alpha value is -2.04. The van der Waals surface area contributed by atoms with Crippen LogP contribution in [0.4, 0.5) is 5.69 Å². The number of rotatable bonds is 6. The SMILES string of the molecule is COc1ccc(NC(=O)CCC(=O)O[C@@H]2CC[C@@H](C)[C@H](C)C2)cc1. The van der Waals surface area contributed by atoms with Crippen molar-refractivity contribution in [2.45, 2.75) is 52.1 Å². The highest BCUT2D eigenvalue weighted by Crippen LogP contribution is 2.31. The number of anilines is 1. The second-order valence-corrected chi connectivity index (χ2v) is 6.66. The maximum atomic E-state index is 11.9. The van der Waals surface area contributed by atoms with Gasteiger partial charge in [0, 0.05) is 12.1 Å². The maximum absolute atomic E-state index is 11.9. The van der Waals surface area contributed by atoms with E-state index in [1.807, 2.05) is 0 Å². The van der Waals surface area contributed by atoms with E-state index in [1.54, 1.807) is 31.4 Å². The zero-order valence-corrected chi connectivity index (χ0v) is 14.7. The Morgan fingerprint density at radius 2 is 1.79 bits per heavy atom. The summed E-state index contributed by atoms with van der Waals surface area (Å²) in [6.45, 7) is 4.44. The van der Waals surface area contributed by atoms with Crippen LogP contribution in [0.25, 0.3) is 0 Å². The van der Waals surface area contributed by atoms with Crippen molar-refractivity contribution >= 4 is 17.6 Å². The summed E-state index contributed by atoms with van der Waals surface area (Å²) in [4.78, 5) is 23.8. The molecule has 5 nitrogen and oxygen atoms in total. The molecule has 3 atom stereocenters. The molecule has 0 aromatic heterocycles. The summed E-state index contributed by atoms with van der Waals surface area (Å²) < 4.78 is 10.6. The number of esters is 1. The third-order valence-corrected chi connectivity index (χ3v) is 4.78. The van der Waals surface area contributed by atoms with E-state index in [-0.39, 0.29) is 30.8 Å². The first-order valence-corrected chi connectivity index (χ1v) is 8.61. The minimum Gasteiger partial charge on any atom is -0.497 e. The van der Waals surface area contributed by atoms with Crippen LogP contribution < -0.4 is 10.1 Å². The fraction of sp³-hybridized carbons (Fsp3) is 0.579. The molecule has 0 radical (unpaired) electrons. The third-order valence-electron chi connectivity index (χ3n) is 4.78. The smallest absolute Gasteiger partial charge is 0.306 e. The molecule has 0 aliphatic heterocycles. The van der Waals surface area contributed by atoms with Crippen molar-refractivity contribution in [1.82, 2.24) is 0 Å². The molecule has 132 valence electrons. The first-order chi connectivity index (χ1) is 11.5. The van der Waals surface area contributed by atoms with Crippen LogP contribution >= 0.6 is 0 Å². The van der Waals surface area contributed by atoms with Crippen LogP contribution in [0.5, 0.6) is 5.75 Å². The number of ether oxygens (including phenoxy) is 2. The van der Waals surface area contributed by atoms with E-state index in [4.69, 9.17) is 9.47 Å². The molecule has 1 saturated carbocycles. The predicted octanol–water partition coefficient (Wildman–Crippen LogP) is 3.78. The molecule has 5 heteroatoms. The second-order valence-electron chi connectivity index (χ2n) is 6.66. The highest BCUT2D eigenvalue weighted by molar-refractivity contribution is 5.92. The van der Waals surface area contributed by atoms with Gasteiger partial charge in [-0.15, -0.1) is 0 Å². The summed E-state index contributed by atoms with van der Waals surface area (Å²) in [7, 11) is 1.59. The van der Waals surface area contributed by atoms with Gasteiger partial charge >= 0.3 is 5.97 Å². The first kappa shape index (κ1) is 18.3. The summed E-state index contributed by atoms with van der Waals surface area (Å²) in [6.07, 6.45) is 3.19. The minimum atomic E-state index is -0.286. The summed E-state index contributed by atoms with van der Waals surface area (Å²) in [5, 5.41) is 2.76. The van der Waals surface area contributed by atoms with Gasteiger partial charge in [0.2, 0.25) is 5.91 Å². The fourth-order valence-corrected chi connectivity index (χ4v) is 2.96. The Bertz CT molecular complexity index is 555. The number of benzene rings is 1. The molecule has 0 bridgehead atoms. The number of methoxy groups -OCH3 is 1. The van der Waals surface area contributed by atoms with E-state index >= 15 is 0 Å². The molecule has 1 fully saturated rings. The van der Waals surface area contributed by atoms with E-state index in [9.17, 15) is 9.59 Å². The summed E-state index contributed by atoms with van der Waals surface area (Å²) >= 11 is 0. The lowest BCUT2D eigenvalue weighted by atomic mass is 9.80. The van der Waals surface area contributed by atoms with Crippen LogP contribution in [-0.4, -0.2) is 25.1 Å². The van der Waals surface area contributed by atoms with Crippen LogP contribution in [0.15, 0.2) is 24.3 Å². The van der Waals surface area contributed by atoms with E-state index in [0.717, 1.165) is 25.0 Å². The Balaban J connectivity index is 1.70. The van der Waals surface area contributed by atoms with Crippen molar-refractivity contribution in [2.75, 3.05) is 12.4 Å². The van der Waals surface area contributed by atoms with Crippen molar-refractivity contribution in [1.29, 1.82) is 0 Å². The molecule has 1 aromatic rings. The zero-order valence-electron chi connectivity index (χ0n) is 14.7. The summed E-state index contributed by atoms with van der Waals surface area (Å²) in [5.41, 5.74) is 0.685. The van der Waals surface area contributed by atoms with Gasteiger partial charge in [0.15, 0.2) is 0 Å². The molecule has 2 rings (SSSR count). The highest BCUT2D eigenvalue weighted by Gasteiger charge is 2.27. The lowest BCUT2D eigenvalue weighted by Crippen LogP contribution is -2.29. The number of nitrogens with one attached hydrogen (secondary N) is 1. The van der Waals surface area contributed by atoms with Gasteiger partial charge in [0.05, 0.1) is 13.5 Å². The fourth-order valence-electron chi connectivity index (χ4n) is 2.96. The van der Waals surface area contributed by atoms with Crippen LogP contribution in [0.2, 0.25) is 0 Å². The minimum absolute atomic E-state index is 0.00773. The lowest BCUT2D eigenvalue weighted by Gasteiger charge is -2.31. The standard InChI is InChI=1S/C19H27NO4/c1-13-4-7-17(12-14(13)2)24-19(22)11-10-18(21)20-15-5-8-16(23-3)9-6-15/h5-6,8-9,13-14,17H,4,7,10-12H2,1-3H3,(H,20,21)/t13-,14-,17-/m1/s1. The predicted molar refractivity (Wildman–Crippen MR) is 92.9 cm³/mol. The molecule has 0 saturated heterocycles. The summed E-state index contributed by atoms with van der Waals surface area (Å²) in [6, 6.07) is 7.07. The van der Waals surface area contributed by atoms with Crippen molar-refractivity contribution in [3.8, 4) is 5.75 Å². The molecule has 1 amide bonds. The Labute approximate surface area is 143 Å². The zero-order chi connectivity index (χ0) is 17.5. The number of amides is 1. The lowest BCUT2D eigenvalue weighted by molar-refractivity contribution is -0.152. The highest BCUT2D eigenvalue weighted by atomic mass is 16.5. The van der Waals surface area contributed by atoms with Gasteiger partial charge in [-0.1, -0.05) is 13.8 Å². The second kappa shape index (κ2) is 8.71. The topological polar surface area (TPSA) is 64.6 Å². The number of carbonyl (C=O) groups is 2. The van der Waals surface area contributed by atoms with Gasteiger partial charge < -0.3 is 14.8 Å². The Kier molecular flexibility index (Phi) is 6.64. The number of carbonyl (C=O) groups excluding carboxylic acids is 2. The van der Waals surface area contributed by atoms with Gasteiger partial charge in [0.25, 0.3) is 0 Å². The number of hydrogen-bond donors (Lipinski definition) is 1. The average molecular weight is 333 g/mol. The molecular formula is C19H27NO4. The van der Waals surface area contributed by atoms with Crippen LogP contribution in [0.1, 0.15) is 46.0 Å². The molecule has 24 heavy (non-hydrogen) atoms. The van der Waals surface area contributed by atoms with Gasteiger partial charge in [0.1, 0.15) is 11.9 Å². The summed E-state index contributed by atoms with van der Waals surface area (Å²) in [5.74, 6) is 1.52. The molecule has 0 spiro atoms. The maximum Gasteiger partial charge on any atom is 0.306 e. The molecule has 0 heterocycles. The van der Waals surface area contributed by atoms with Crippen LogP contribution in [0.3, 0.4) is 0 Å². The number of hydrogen-bond acceptors (Lipinski definition) is 4. The Morgan fingerprint density at radius 3 is 2.42 bits per heavy atom. The molecule has 1 aliphatic rings. The molecule has 1 N–H and O–H groups in total. The van der Waals surface area contributed by atoms with Crippen LogP contribution in [0, 0.1) is 11.8 Å². The average Bonchev–Trinajstić information content (AvgIpc) is 2.57. The van der Waals surface area contributed by atoms with Gasteiger partial charge in [-0.3, -0.25) is 9.59 Å². The van der Waals surface area contributed by atoms with Crippen molar-refractivity contribution in [3.63, 3.8) is 0 Å². The molecule has 0 unspecified atom stereocenters. The van der Waals surface area contributed by atoms with E-state index in [1.165, 1.54) is 0 Å². The van der Waals surface area contributed by atoms with Crippen molar-refractivity contribution in [2.24, 2.45) is 11.8 Å². The van der Waals surface area contributed by atoms with Gasteiger partial charge in [-0.05, 0) is 55.4 Å². The monoisotopic (exact) mass is 333 g/mol. The molecule has 1 aromatic carbocycles. The third kappa shape index (κ3) is 5.55. The normalized spacial score (nSPS) is 23.4. The van der Waals surface area contributed by atoms with E-state index in [2.05, 4.69) is 19.2 Å². The largest absolute Gasteiger partial charge is 0.497 e. The first-order valence-electron chi connectivity index (χ1n) is 8.61. The van der Waals surface area contributed by atoms with E-state index < -0.39 is 0 Å². The van der Waals surface area contributed by atoms with Gasteiger partial charge in [-0.2, -0.15) is 0 Å². The van der Waals surface area contributed by atoms with Crippen molar-refractivity contribution in [3.05, 3.63) is 24.3 Å².